The lowest BCUT2D eigenvalue weighted by molar-refractivity contribution is 0.0695. The molecule has 5 rings (SSSR count). The summed E-state index contributed by atoms with van der Waals surface area (Å²) in [7, 11) is 0. The molecule has 4 nitrogen and oxygen atoms in total. The van der Waals surface area contributed by atoms with Crippen molar-refractivity contribution in [3.8, 4) is 5.75 Å². The van der Waals surface area contributed by atoms with Crippen LogP contribution >= 0.6 is 0 Å². The first-order valence-electron chi connectivity index (χ1n) is 12.8. The summed E-state index contributed by atoms with van der Waals surface area (Å²) in [5.74, 6) is 0.236. The molecule has 0 aromatic heterocycles. The van der Waals surface area contributed by atoms with Crippen LogP contribution in [0.2, 0.25) is 0 Å². The van der Waals surface area contributed by atoms with Crippen LogP contribution in [0, 0.1) is 0 Å². The lowest BCUT2D eigenvalue weighted by atomic mass is 9.82. The van der Waals surface area contributed by atoms with Gasteiger partial charge in [-0.25, -0.2) is 4.79 Å². The van der Waals surface area contributed by atoms with E-state index in [1.54, 1.807) is 0 Å². The molecule has 4 heteroatoms. The highest BCUT2D eigenvalue weighted by Gasteiger charge is 2.30. The van der Waals surface area contributed by atoms with E-state index in [2.05, 4.69) is 66.8 Å². The molecular formula is C32H33NO3. The van der Waals surface area contributed by atoms with Gasteiger partial charge >= 0.3 is 5.97 Å². The van der Waals surface area contributed by atoms with Crippen LogP contribution in [0.3, 0.4) is 0 Å². The number of nitrogens with one attached hydrogen (secondary N) is 1. The Morgan fingerprint density at radius 3 is 2.50 bits per heavy atom. The number of benzene rings is 4. The van der Waals surface area contributed by atoms with Gasteiger partial charge in [0, 0.05) is 24.1 Å². The zero-order valence-corrected chi connectivity index (χ0v) is 21.1. The second-order valence-corrected chi connectivity index (χ2v) is 10.1. The molecule has 0 saturated carbocycles. The SMILES string of the molecule is CC(C)c1ccc([C@@H]2CC(CN[C@H](C)c3cccc4ccccc34)Oc3ccccc32)cc1C(=O)O. The van der Waals surface area contributed by atoms with Gasteiger partial charge < -0.3 is 15.2 Å². The van der Waals surface area contributed by atoms with Crippen molar-refractivity contribution in [2.45, 2.75) is 51.2 Å². The highest BCUT2D eigenvalue weighted by Crippen LogP contribution is 2.41. The number of para-hydroxylation sites is 1. The smallest absolute Gasteiger partial charge is 0.335 e. The summed E-state index contributed by atoms with van der Waals surface area (Å²) in [5.41, 5.74) is 4.68. The quantitative estimate of drug-likeness (QED) is 0.292. The number of hydrogen-bond donors (Lipinski definition) is 2. The molecule has 2 N–H and O–H groups in total. The number of fused-ring (bicyclic) bond motifs is 2. The molecule has 0 amide bonds. The average molecular weight is 480 g/mol. The van der Waals surface area contributed by atoms with Gasteiger partial charge in [-0.2, -0.15) is 0 Å². The standard InChI is InChI=1S/C32H33NO3/c1-20(2)25-16-15-23(17-30(25)32(34)35)29-18-24(36-31-14-7-6-12-28(29)31)19-33-21(3)26-13-8-10-22-9-4-5-11-27(22)26/h4-17,20-21,24,29,33H,18-19H2,1-3H3,(H,34,35)/t21-,24?,29+/m1/s1. The fourth-order valence-corrected chi connectivity index (χ4v) is 5.46. The molecule has 36 heavy (non-hydrogen) atoms. The van der Waals surface area contributed by atoms with Gasteiger partial charge in [0.1, 0.15) is 11.9 Å². The molecule has 0 saturated heterocycles. The highest BCUT2D eigenvalue weighted by molar-refractivity contribution is 5.90. The first-order chi connectivity index (χ1) is 17.4. The van der Waals surface area contributed by atoms with Crippen LogP contribution in [0.5, 0.6) is 5.75 Å². The maximum atomic E-state index is 12.0. The topological polar surface area (TPSA) is 58.6 Å². The maximum Gasteiger partial charge on any atom is 0.335 e. The van der Waals surface area contributed by atoms with Crippen LogP contribution in [0.25, 0.3) is 10.8 Å². The summed E-state index contributed by atoms with van der Waals surface area (Å²) in [5, 5.41) is 16.1. The molecule has 1 aliphatic heterocycles. The van der Waals surface area contributed by atoms with Crippen molar-refractivity contribution >= 4 is 16.7 Å². The zero-order chi connectivity index (χ0) is 25.2. The first kappa shape index (κ1) is 24.1. The Hall–Kier alpha value is -3.63. The highest BCUT2D eigenvalue weighted by atomic mass is 16.5. The van der Waals surface area contributed by atoms with E-state index in [0.717, 1.165) is 28.9 Å². The van der Waals surface area contributed by atoms with Crippen molar-refractivity contribution in [3.05, 3.63) is 113 Å². The van der Waals surface area contributed by atoms with E-state index in [-0.39, 0.29) is 24.0 Å². The minimum Gasteiger partial charge on any atom is -0.489 e. The van der Waals surface area contributed by atoms with E-state index >= 15 is 0 Å². The Balaban J connectivity index is 1.40. The van der Waals surface area contributed by atoms with Crippen molar-refractivity contribution in [2.24, 2.45) is 0 Å². The molecule has 0 aliphatic carbocycles. The van der Waals surface area contributed by atoms with Gasteiger partial charge in [-0.15, -0.1) is 0 Å². The second kappa shape index (κ2) is 10.2. The third-order valence-electron chi connectivity index (χ3n) is 7.36. The largest absolute Gasteiger partial charge is 0.489 e. The van der Waals surface area contributed by atoms with Crippen LogP contribution in [0.4, 0.5) is 0 Å². The van der Waals surface area contributed by atoms with Gasteiger partial charge in [-0.05, 0) is 58.9 Å². The molecular weight excluding hydrogens is 446 g/mol. The van der Waals surface area contributed by atoms with E-state index in [1.807, 2.05) is 44.2 Å². The lowest BCUT2D eigenvalue weighted by Crippen LogP contribution is -2.37. The summed E-state index contributed by atoms with van der Waals surface area (Å²) in [6.07, 6.45) is 0.757. The van der Waals surface area contributed by atoms with Crippen LogP contribution < -0.4 is 10.1 Å². The number of rotatable bonds is 7. The molecule has 184 valence electrons. The summed E-state index contributed by atoms with van der Waals surface area (Å²) < 4.78 is 6.42. The molecule has 0 fully saturated rings. The maximum absolute atomic E-state index is 12.0. The predicted octanol–water partition coefficient (Wildman–Crippen LogP) is 7.30. The first-order valence-corrected chi connectivity index (χ1v) is 12.8. The van der Waals surface area contributed by atoms with Crippen LogP contribution in [-0.2, 0) is 0 Å². The van der Waals surface area contributed by atoms with E-state index in [4.69, 9.17) is 4.74 Å². The van der Waals surface area contributed by atoms with Crippen molar-refractivity contribution < 1.29 is 14.6 Å². The molecule has 3 atom stereocenters. The molecule has 1 unspecified atom stereocenters. The third kappa shape index (κ3) is 4.74. The van der Waals surface area contributed by atoms with Gasteiger partial charge in [-0.1, -0.05) is 86.6 Å². The summed E-state index contributed by atoms with van der Waals surface area (Å²) >= 11 is 0. The van der Waals surface area contributed by atoms with E-state index < -0.39 is 5.97 Å². The lowest BCUT2D eigenvalue weighted by Gasteiger charge is -2.34. The van der Waals surface area contributed by atoms with Crippen LogP contribution in [0.15, 0.2) is 84.9 Å². The van der Waals surface area contributed by atoms with E-state index in [0.29, 0.717) is 12.1 Å². The minimum atomic E-state index is -0.872. The van der Waals surface area contributed by atoms with E-state index in [1.165, 1.54) is 16.3 Å². The van der Waals surface area contributed by atoms with Gasteiger partial charge in [-0.3, -0.25) is 0 Å². The van der Waals surface area contributed by atoms with Crippen LogP contribution in [0.1, 0.15) is 77.7 Å². The van der Waals surface area contributed by atoms with Crippen molar-refractivity contribution in [1.82, 2.24) is 5.32 Å². The normalized spacial score (nSPS) is 18.0. The summed E-state index contributed by atoms with van der Waals surface area (Å²) in [4.78, 5) is 12.0. The van der Waals surface area contributed by atoms with Gasteiger partial charge in [0.15, 0.2) is 0 Å². The summed E-state index contributed by atoms with van der Waals surface area (Å²) in [6, 6.07) is 29.2. The monoisotopic (exact) mass is 479 g/mol. The number of carbonyl (C=O) groups is 1. The number of ether oxygens (including phenoxy) is 1. The Kier molecular flexibility index (Phi) is 6.80. The molecule has 1 aliphatic rings. The molecule has 0 spiro atoms. The Bertz CT molecular complexity index is 1390. The number of aromatic carboxylic acids is 1. The van der Waals surface area contributed by atoms with Crippen molar-refractivity contribution in [2.75, 3.05) is 6.54 Å². The van der Waals surface area contributed by atoms with Gasteiger partial charge in [0.2, 0.25) is 0 Å². The number of carboxylic acids is 1. The van der Waals surface area contributed by atoms with Crippen molar-refractivity contribution in [3.63, 3.8) is 0 Å². The second-order valence-electron chi connectivity index (χ2n) is 10.1. The zero-order valence-electron chi connectivity index (χ0n) is 21.1. The third-order valence-corrected chi connectivity index (χ3v) is 7.36. The van der Waals surface area contributed by atoms with Gasteiger partial charge in [0.25, 0.3) is 0 Å². The van der Waals surface area contributed by atoms with Crippen LogP contribution in [-0.4, -0.2) is 23.7 Å². The Morgan fingerprint density at radius 1 is 0.944 bits per heavy atom. The van der Waals surface area contributed by atoms with E-state index in [9.17, 15) is 9.90 Å². The molecule has 0 radical (unpaired) electrons. The molecule has 0 bridgehead atoms. The van der Waals surface area contributed by atoms with Crippen molar-refractivity contribution in [1.29, 1.82) is 0 Å². The fourth-order valence-electron chi connectivity index (χ4n) is 5.46. The molecule has 4 aromatic carbocycles. The molecule has 1 heterocycles. The Morgan fingerprint density at radius 2 is 1.69 bits per heavy atom. The van der Waals surface area contributed by atoms with Gasteiger partial charge in [0.05, 0.1) is 5.56 Å². The summed E-state index contributed by atoms with van der Waals surface area (Å²) in [6.45, 7) is 6.96. The molecule has 4 aromatic rings. The average Bonchev–Trinajstić information content (AvgIpc) is 2.90. The predicted molar refractivity (Wildman–Crippen MR) is 145 cm³/mol. The number of carboxylic acid groups (broad SMARTS) is 1. The fraction of sp³-hybridized carbons (Fsp3) is 0.281. The minimum absolute atomic E-state index is 0.0274. The Labute approximate surface area is 212 Å². The number of hydrogen-bond acceptors (Lipinski definition) is 3.